The molecule has 7 heteroatoms. The van der Waals surface area contributed by atoms with Crippen molar-refractivity contribution in [1.82, 2.24) is 16.2 Å². The van der Waals surface area contributed by atoms with Gasteiger partial charge in [-0.05, 0) is 49.3 Å². The van der Waals surface area contributed by atoms with Crippen molar-refractivity contribution in [3.63, 3.8) is 0 Å². The lowest BCUT2D eigenvalue weighted by Crippen LogP contribution is -2.48. The van der Waals surface area contributed by atoms with Crippen molar-refractivity contribution in [3.05, 3.63) is 29.8 Å². The first kappa shape index (κ1) is 19.9. The van der Waals surface area contributed by atoms with E-state index in [-0.39, 0.29) is 16.9 Å². The Morgan fingerprint density at radius 3 is 2.38 bits per heavy atom. The van der Waals surface area contributed by atoms with Crippen LogP contribution in [-0.2, 0) is 4.79 Å². The largest absolute Gasteiger partial charge is 0.494 e. The molecular weight excluding hydrogens is 326 g/mol. The standard InChI is InChI=1S/C17H25N3O3S/c1-3-5-6-12-23-14-10-8-13(9-11-14)16(22)18-17(24)20-19-15(21)7-4-2/h8-11H,3-7,12H2,1-2H3,(H,19,21)(H2,18,20,22,24). The summed E-state index contributed by atoms with van der Waals surface area (Å²) in [6.45, 7) is 4.71. The first-order chi connectivity index (χ1) is 11.6. The maximum absolute atomic E-state index is 12.0. The van der Waals surface area contributed by atoms with Gasteiger partial charge in [0.15, 0.2) is 5.11 Å². The van der Waals surface area contributed by atoms with E-state index >= 15 is 0 Å². The monoisotopic (exact) mass is 351 g/mol. The van der Waals surface area contributed by atoms with Crippen molar-refractivity contribution in [1.29, 1.82) is 0 Å². The van der Waals surface area contributed by atoms with Crippen LogP contribution < -0.4 is 20.9 Å². The predicted octanol–water partition coefficient (Wildman–Crippen LogP) is 2.69. The highest BCUT2D eigenvalue weighted by Gasteiger charge is 2.08. The molecule has 1 aromatic rings. The Labute approximate surface area is 148 Å². The molecule has 132 valence electrons. The fourth-order valence-electron chi connectivity index (χ4n) is 1.87. The Morgan fingerprint density at radius 2 is 1.75 bits per heavy atom. The zero-order valence-electron chi connectivity index (χ0n) is 14.2. The van der Waals surface area contributed by atoms with Crippen LogP contribution in [0.4, 0.5) is 0 Å². The highest BCUT2D eigenvalue weighted by Crippen LogP contribution is 2.12. The molecule has 0 aliphatic rings. The third-order valence-electron chi connectivity index (χ3n) is 3.15. The van der Waals surface area contributed by atoms with E-state index in [1.165, 1.54) is 0 Å². The van der Waals surface area contributed by atoms with Crippen LogP contribution in [0.3, 0.4) is 0 Å². The molecule has 3 N–H and O–H groups in total. The minimum absolute atomic E-state index is 0.0457. The van der Waals surface area contributed by atoms with E-state index in [0.717, 1.165) is 31.4 Å². The number of rotatable bonds is 8. The zero-order valence-corrected chi connectivity index (χ0v) is 15.0. The van der Waals surface area contributed by atoms with Gasteiger partial charge in [-0.2, -0.15) is 0 Å². The molecule has 1 aromatic carbocycles. The van der Waals surface area contributed by atoms with E-state index in [9.17, 15) is 9.59 Å². The number of hydrogen-bond donors (Lipinski definition) is 3. The summed E-state index contributed by atoms with van der Waals surface area (Å²) in [5.74, 6) is 0.198. The lowest BCUT2D eigenvalue weighted by atomic mass is 10.2. The van der Waals surface area contributed by atoms with E-state index in [2.05, 4.69) is 23.1 Å². The smallest absolute Gasteiger partial charge is 0.257 e. The number of nitrogens with one attached hydrogen (secondary N) is 3. The molecule has 0 spiro atoms. The Hall–Kier alpha value is -2.15. The average molecular weight is 351 g/mol. The number of carbonyl (C=O) groups is 2. The maximum Gasteiger partial charge on any atom is 0.257 e. The van der Waals surface area contributed by atoms with Gasteiger partial charge in [0.25, 0.3) is 5.91 Å². The molecule has 0 bridgehead atoms. The second-order valence-electron chi connectivity index (χ2n) is 5.29. The fraction of sp³-hybridized carbons (Fsp3) is 0.471. The Kier molecular flexibility index (Phi) is 9.45. The zero-order chi connectivity index (χ0) is 17.8. The van der Waals surface area contributed by atoms with Crippen molar-refractivity contribution >= 4 is 29.1 Å². The fourth-order valence-corrected chi connectivity index (χ4v) is 2.01. The lowest BCUT2D eigenvalue weighted by molar-refractivity contribution is -0.121. The van der Waals surface area contributed by atoms with Gasteiger partial charge in [0.1, 0.15) is 5.75 Å². The number of benzene rings is 1. The highest BCUT2D eigenvalue weighted by atomic mass is 32.1. The number of ether oxygens (including phenoxy) is 1. The second kappa shape index (κ2) is 11.4. The van der Waals surface area contributed by atoms with Crippen molar-refractivity contribution in [2.45, 2.75) is 46.0 Å². The predicted molar refractivity (Wildman–Crippen MR) is 97.7 cm³/mol. The molecule has 0 aromatic heterocycles. The molecule has 1 rings (SSSR count). The van der Waals surface area contributed by atoms with Gasteiger partial charge in [-0.3, -0.25) is 25.8 Å². The summed E-state index contributed by atoms with van der Waals surface area (Å²) < 4.78 is 5.59. The summed E-state index contributed by atoms with van der Waals surface area (Å²) in [7, 11) is 0. The van der Waals surface area contributed by atoms with Crippen LogP contribution in [0.25, 0.3) is 0 Å². The van der Waals surface area contributed by atoms with Crippen LogP contribution in [0.1, 0.15) is 56.3 Å². The number of unbranched alkanes of at least 4 members (excludes halogenated alkanes) is 2. The van der Waals surface area contributed by atoms with Gasteiger partial charge in [-0.15, -0.1) is 0 Å². The van der Waals surface area contributed by atoms with Gasteiger partial charge < -0.3 is 4.74 Å². The van der Waals surface area contributed by atoms with Gasteiger partial charge in [-0.1, -0.05) is 26.7 Å². The first-order valence-electron chi connectivity index (χ1n) is 8.19. The summed E-state index contributed by atoms with van der Waals surface area (Å²) >= 11 is 4.96. The van der Waals surface area contributed by atoms with Crippen molar-refractivity contribution in [3.8, 4) is 5.75 Å². The number of carbonyl (C=O) groups excluding carboxylic acids is 2. The molecule has 0 heterocycles. The van der Waals surface area contributed by atoms with Crippen molar-refractivity contribution in [2.24, 2.45) is 0 Å². The summed E-state index contributed by atoms with van der Waals surface area (Å²) in [6, 6.07) is 6.84. The van der Waals surface area contributed by atoms with E-state index in [4.69, 9.17) is 17.0 Å². The summed E-state index contributed by atoms with van der Waals surface area (Å²) in [5.41, 5.74) is 5.37. The van der Waals surface area contributed by atoms with Gasteiger partial charge in [0, 0.05) is 12.0 Å². The van der Waals surface area contributed by atoms with E-state index in [1.54, 1.807) is 24.3 Å². The molecular formula is C17H25N3O3S. The number of amides is 2. The van der Waals surface area contributed by atoms with Gasteiger partial charge in [0.05, 0.1) is 6.61 Å². The van der Waals surface area contributed by atoms with E-state index in [0.29, 0.717) is 18.6 Å². The molecule has 0 aliphatic heterocycles. The third kappa shape index (κ3) is 7.92. The number of hydrogen-bond acceptors (Lipinski definition) is 4. The van der Waals surface area contributed by atoms with Crippen molar-refractivity contribution < 1.29 is 14.3 Å². The molecule has 0 radical (unpaired) electrons. The molecule has 0 aliphatic carbocycles. The van der Waals surface area contributed by atoms with Crippen LogP contribution in [0, 0.1) is 0 Å². The average Bonchev–Trinajstić information content (AvgIpc) is 2.58. The molecule has 0 fully saturated rings. The van der Waals surface area contributed by atoms with Gasteiger partial charge >= 0.3 is 0 Å². The number of thiocarbonyl (C=S) groups is 1. The molecule has 0 unspecified atom stereocenters. The summed E-state index contributed by atoms with van der Waals surface area (Å²) in [5, 5.41) is 2.54. The van der Waals surface area contributed by atoms with E-state index < -0.39 is 0 Å². The van der Waals surface area contributed by atoms with Crippen LogP contribution in [-0.4, -0.2) is 23.5 Å². The lowest BCUT2D eigenvalue weighted by Gasteiger charge is -2.11. The molecule has 24 heavy (non-hydrogen) atoms. The molecule has 6 nitrogen and oxygen atoms in total. The van der Waals surface area contributed by atoms with Crippen LogP contribution in [0.5, 0.6) is 5.75 Å². The van der Waals surface area contributed by atoms with Gasteiger partial charge in [-0.25, -0.2) is 0 Å². The first-order valence-corrected chi connectivity index (χ1v) is 8.60. The minimum Gasteiger partial charge on any atom is -0.494 e. The number of hydrazine groups is 1. The second-order valence-corrected chi connectivity index (χ2v) is 5.69. The quantitative estimate of drug-likeness (QED) is 0.381. The Morgan fingerprint density at radius 1 is 1.04 bits per heavy atom. The van der Waals surface area contributed by atoms with E-state index in [1.807, 2.05) is 6.92 Å². The van der Waals surface area contributed by atoms with Crippen LogP contribution in [0.2, 0.25) is 0 Å². The summed E-state index contributed by atoms with van der Waals surface area (Å²) in [4.78, 5) is 23.4. The van der Waals surface area contributed by atoms with Gasteiger partial charge in [0.2, 0.25) is 5.91 Å². The Bertz CT molecular complexity index is 547. The third-order valence-corrected chi connectivity index (χ3v) is 3.36. The molecule has 0 saturated carbocycles. The maximum atomic E-state index is 12.0. The SMILES string of the molecule is CCCCCOc1ccc(C(=O)NC(=S)NNC(=O)CCC)cc1. The van der Waals surface area contributed by atoms with Crippen molar-refractivity contribution in [2.75, 3.05) is 6.61 Å². The highest BCUT2D eigenvalue weighted by molar-refractivity contribution is 7.80. The normalized spacial score (nSPS) is 9.92. The molecule has 0 saturated heterocycles. The Balaban J connectivity index is 2.39. The molecule has 2 amide bonds. The summed E-state index contributed by atoms with van der Waals surface area (Å²) in [6.07, 6.45) is 4.43. The topological polar surface area (TPSA) is 79.5 Å². The molecule has 0 atom stereocenters. The van der Waals surface area contributed by atoms with Crippen LogP contribution in [0.15, 0.2) is 24.3 Å². The van der Waals surface area contributed by atoms with Crippen LogP contribution >= 0.6 is 12.2 Å². The minimum atomic E-state index is -0.352.